The van der Waals surface area contributed by atoms with Crippen molar-refractivity contribution in [3.05, 3.63) is 39.7 Å². The lowest BCUT2D eigenvalue weighted by Crippen LogP contribution is -2.06. The van der Waals surface area contributed by atoms with Gasteiger partial charge >= 0.3 is 0 Å². The molecule has 0 saturated carbocycles. The molecule has 0 bridgehead atoms. The summed E-state index contributed by atoms with van der Waals surface area (Å²) < 4.78 is 7.02. The molecule has 0 unspecified atom stereocenters. The molecule has 4 rings (SSSR count). The van der Waals surface area contributed by atoms with Gasteiger partial charge in [-0.2, -0.15) is 0 Å². The number of thiazole rings is 1. The van der Waals surface area contributed by atoms with E-state index >= 15 is 0 Å². The standard InChI is InChI=1S/C14H10BrN3OS/c15-10-3-1-2-8-7(10)4-5-9-12-11(6-19-13(8)9)20-14(17-12)18-16/h1-5H,6,16H2,(H,17,18). The van der Waals surface area contributed by atoms with Crippen molar-refractivity contribution in [3.8, 4) is 17.0 Å². The van der Waals surface area contributed by atoms with E-state index in [-0.39, 0.29) is 0 Å². The Hall–Kier alpha value is -1.63. The van der Waals surface area contributed by atoms with E-state index in [1.165, 1.54) is 11.3 Å². The molecule has 1 aliphatic rings. The van der Waals surface area contributed by atoms with Crippen molar-refractivity contribution in [3.63, 3.8) is 0 Å². The van der Waals surface area contributed by atoms with E-state index in [0.29, 0.717) is 11.7 Å². The summed E-state index contributed by atoms with van der Waals surface area (Å²) in [6, 6.07) is 10.3. The number of rotatable bonds is 1. The first kappa shape index (κ1) is 12.1. The minimum atomic E-state index is 0.535. The van der Waals surface area contributed by atoms with Gasteiger partial charge in [-0.05, 0) is 17.5 Å². The second kappa shape index (κ2) is 4.44. The molecule has 2 aromatic carbocycles. The third-order valence-corrected chi connectivity index (χ3v) is 5.03. The van der Waals surface area contributed by atoms with Crippen LogP contribution in [-0.2, 0) is 6.61 Å². The largest absolute Gasteiger partial charge is 0.487 e. The monoisotopic (exact) mass is 347 g/mol. The minimum Gasteiger partial charge on any atom is -0.487 e. The third-order valence-electron chi connectivity index (χ3n) is 3.38. The van der Waals surface area contributed by atoms with Crippen molar-refractivity contribution < 1.29 is 4.74 Å². The van der Waals surface area contributed by atoms with Gasteiger partial charge < -0.3 is 4.74 Å². The Morgan fingerprint density at radius 3 is 3.00 bits per heavy atom. The molecule has 100 valence electrons. The fourth-order valence-corrected chi connectivity index (χ4v) is 3.79. The van der Waals surface area contributed by atoms with Crippen molar-refractivity contribution in [2.75, 3.05) is 5.43 Å². The highest BCUT2D eigenvalue weighted by Crippen LogP contribution is 2.45. The van der Waals surface area contributed by atoms with Gasteiger partial charge in [0.1, 0.15) is 12.4 Å². The van der Waals surface area contributed by atoms with Crippen molar-refractivity contribution in [1.82, 2.24) is 4.98 Å². The van der Waals surface area contributed by atoms with Crippen LogP contribution in [-0.4, -0.2) is 4.98 Å². The fraction of sp³-hybridized carbons (Fsp3) is 0.0714. The van der Waals surface area contributed by atoms with E-state index in [9.17, 15) is 0 Å². The van der Waals surface area contributed by atoms with E-state index in [1.807, 2.05) is 12.1 Å². The molecule has 0 atom stereocenters. The zero-order valence-electron chi connectivity index (χ0n) is 10.3. The lowest BCUT2D eigenvalue weighted by Gasteiger charge is -2.18. The molecule has 3 N–H and O–H groups in total. The zero-order valence-corrected chi connectivity index (χ0v) is 12.7. The highest BCUT2D eigenvalue weighted by molar-refractivity contribution is 9.10. The average molecular weight is 348 g/mol. The summed E-state index contributed by atoms with van der Waals surface area (Å²) in [6.07, 6.45) is 0. The van der Waals surface area contributed by atoms with E-state index in [1.54, 1.807) is 0 Å². The quantitative estimate of drug-likeness (QED) is 0.517. The predicted molar refractivity (Wildman–Crippen MR) is 84.9 cm³/mol. The van der Waals surface area contributed by atoms with Crippen LogP contribution in [0.25, 0.3) is 22.0 Å². The Morgan fingerprint density at radius 2 is 2.15 bits per heavy atom. The molecule has 20 heavy (non-hydrogen) atoms. The molecule has 3 aromatic rings. The van der Waals surface area contributed by atoms with E-state index in [0.717, 1.165) is 37.1 Å². The normalized spacial score (nSPS) is 12.7. The SMILES string of the molecule is NNc1nc2c(s1)COc1c-2ccc2c(Br)cccc12. The highest BCUT2D eigenvalue weighted by atomic mass is 79.9. The molecule has 0 spiro atoms. The van der Waals surface area contributed by atoms with E-state index < -0.39 is 0 Å². The first-order chi connectivity index (χ1) is 9.78. The summed E-state index contributed by atoms with van der Waals surface area (Å²) in [4.78, 5) is 5.63. The lowest BCUT2D eigenvalue weighted by atomic mass is 10.0. The maximum Gasteiger partial charge on any atom is 0.197 e. The van der Waals surface area contributed by atoms with Crippen LogP contribution in [0.2, 0.25) is 0 Å². The molecule has 6 heteroatoms. The second-order valence-electron chi connectivity index (χ2n) is 4.50. The first-order valence-corrected chi connectivity index (χ1v) is 7.69. The number of nitrogens with zero attached hydrogens (tertiary/aromatic N) is 1. The Balaban J connectivity index is 2.02. The number of hydrogen-bond donors (Lipinski definition) is 2. The number of aromatic nitrogens is 1. The van der Waals surface area contributed by atoms with Gasteiger partial charge in [0.05, 0.1) is 10.6 Å². The van der Waals surface area contributed by atoms with Gasteiger partial charge in [-0.25, -0.2) is 10.8 Å². The number of fused-ring (bicyclic) bond motifs is 5. The summed E-state index contributed by atoms with van der Waals surface area (Å²) in [5, 5.41) is 2.95. The average Bonchev–Trinajstić information content (AvgIpc) is 2.90. The number of nitrogens with two attached hydrogens (primary N) is 1. The van der Waals surface area contributed by atoms with Crippen LogP contribution >= 0.6 is 27.3 Å². The van der Waals surface area contributed by atoms with Crippen molar-refractivity contribution in [1.29, 1.82) is 0 Å². The molecular formula is C14H10BrN3OS. The zero-order chi connectivity index (χ0) is 13.7. The number of benzene rings is 2. The minimum absolute atomic E-state index is 0.535. The van der Waals surface area contributed by atoms with Crippen LogP contribution in [0.1, 0.15) is 4.88 Å². The second-order valence-corrected chi connectivity index (χ2v) is 6.44. The molecular weight excluding hydrogens is 338 g/mol. The van der Waals surface area contributed by atoms with Gasteiger partial charge in [-0.1, -0.05) is 45.5 Å². The topological polar surface area (TPSA) is 60.2 Å². The Kier molecular flexibility index (Phi) is 2.70. The number of nitrogens with one attached hydrogen (secondary N) is 1. The summed E-state index contributed by atoms with van der Waals surface area (Å²) in [6.45, 7) is 0.535. The molecule has 1 aliphatic heterocycles. The van der Waals surface area contributed by atoms with Gasteiger partial charge in [0.25, 0.3) is 0 Å². The van der Waals surface area contributed by atoms with Crippen LogP contribution in [0.15, 0.2) is 34.8 Å². The highest BCUT2D eigenvalue weighted by Gasteiger charge is 2.23. The lowest BCUT2D eigenvalue weighted by molar-refractivity contribution is 0.309. The summed E-state index contributed by atoms with van der Waals surface area (Å²) >= 11 is 5.10. The molecule has 0 fully saturated rings. The van der Waals surface area contributed by atoms with Crippen molar-refractivity contribution >= 4 is 43.2 Å². The van der Waals surface area contributed by atoms with Crippen molar-refractivity contribution in [2.45, 2.75) is 6.61 Å². The summed E-state index contributed by atoms with van der Waals surface area (Å²) in [5.41, 5.74) is 4.59. The Labute approximate surface area is 127 Å². The Morgan fingerprint density at radius 1 is 1.25 bits per heavy atom. The smallest absolute Gasteiger partial charge is 0.197 e. The van der Waals surface area contributed by atoms with Gasteiger partial charge in [-0.15, -0.1) is 0 Å². The molecule has 0 saturated heterocycles. The van der Waals surface area contributed by atoms with Crippen LogP contribution in [0.3, 0.4) is 0 Å². The van der Waals surface area contributed by atoms with Crippen LogP contribution < -0.4 is 16.0 Å². The maximum absolute atomic E-state index is 5.96. The van der Waals surface area contributed by atoms with E-state index in [4.69, 9.17) is 10.6 Å². The molecule has 0 aliphatic carbocycles. The van der Waals surface area contributed by atoms with Gasteiger partial charge in [-0.3, -0.25) is 5.43 Å². The Bertz CT molecular complexity index is 831. The van der Waals surface area contributed by atoms with Crippen molar-refractivity contribution in [2.24, 2.45) is 5.84 Å². The van der Waals surface area contributed by atoms with Gasteiger partial charge in [0, 0.05) is 15.4 Å². The fourth-order valence-electron chi connectivity index (χ4n) is 2.49. The number of hydrogen-bond acceptors (Lipinski definition) is 5. The van der Waals surface area contributed by atoms with Crippen LogP contribution in [0.4, 0.5) is 5.13 Å². The van der Waals surface area contributed by atoms with Gasteiger partial charge in [0.2, 0.25) is 0 Å². The first-order valence-electron chi connectivity index (χ1n) is 6.08. The van der Waals surface area contributed by atoms with E-state index in [2.05, 4.69) is 44.5 Å². The van der Waals surface area contributed by atoms with Gasteiger partial charge in [0.15, 0.2) is 5.13 Å². The number of hydrazine groups is 1. The molecule has 1 aromatic heterocycles. The maximum atomic E-state index is 5.96. The number of nitrogen functional groups attached to an aromatic ring is 1. The molecule has 0 radical (unpaired) electrons. The molecule has 4 nitrogen and oxygen atoms in total. The summed E-state index contributed by atoms with van der Waals surface area (Å²) in [7, 11) is 0. The number of anilines is 1. The van der Waals surface area contributed by atoms with Crippen LogP contribution in [0.5, 0.6) is 5.75 Å². The number of ether oxygens (including phenoxy) is 1. The molecule has 0 amide bonds. The van der Waals surface area contributed by atoms with Crippen LogP contribution in [0, 0.1) is 0 Å². The summed E-state index contributed by atoms with van der Waals surface area (Å²) in [5.74, 6) is 6.34. The molecule has 2 heterocycles. The number of halogens is 1. The predicted octanol–water partition coefficient (Wildman–Crippen LogP) is 3.90. The third kappa shape index (κ3) is 1.65.